The van der Waals surface area contributed by atoms with Crippen LogP contribution in [0.1, 0.15) is 17.0 Å². The number of halogens is 1. The summed E-state index contributed by atoms with van der Waals surface area (Å²) in [5.74, 6) is 0.898. The van der Waals surface area contributed by atoms with E-state index in [-0.39, 0.29) is 5.92 Å². The van der Waals surface area contributed by atoms with Crippen LogP contribution in [0.4, 0.5) is 5.95 Å². The first-order valence-electron chi connectivity index (χ1n) is 7.14. The lowest BCUT2D eigenvalue weighted by molar-refractivity contribution is 0.842. The summed E-state index contributed by atoms with van der Waals surface area (Å²) in [5, 5.41) is 3.33. The molecule has 0 spiro atoms. The molecule has 1 N–H and O–H groups in total. The Morgan fingerprint density at radius 2 is 1.32 bits per heavy atom. The molecule has 0 fully saturated rings. The molecule has 3 aromatic rings. The van der Waals surface area contributed by atoms with E-state index in [9.17, 15) is 0 Å². The summed E-state index contributed by atoms with van der Waals surface area (Å²) < 4.78 is 0.876. The molecule has 1 heterocycles. The van der Waals surface area contributed by atoms with Crippen LogP contribution in [0.5, 0.6) is 0 Å². The van der Waals surface area contributed by atoms with E-state index in [2.05, 4.69) is 79.7 Å². The van der Waals surface area contributed by atoms with Crippen molar-refractivity contribution in [3.63, 3.8) is 0 Å². The maximum absolute atomic E-state index is 4.27. The molecular formula is C18H16BrN3. The second-order valence-electron chi connectivity index (χ2n) is 4.98. The Morgan fingerprint density at radius 3 is 1.82 bits per heavy atom. The quantitative estimate of drug-likeness (QED) is 0.734. The molecule has 22 heavy (non-hydrogen) atoms. The van der Waals surface area contributed by atoms with Crippen LogP contribution in [-0.4, -0.2) is 16.5 Å². The van der Waals surface area contributed by atoms with E-state index < -0.39 is 0 Å². The number of nitrogens with one attached hydrogen (secondary N) is 1. The van der Waals surface area contributed by atoms with Gasteiger partial charge >= 0.3 is 0 Å². The zero-order valence-corrected chi connectivity index (χ0v) is 13.6. The molecule has 0 atom stereocenters. The van der Waals surface area contributed by atoms with Gasteiger partial charge in [0.25, 0.3) is 0 Å². The van der Waals surface area contributed by atoms with Gasteiger partial charge in [0.1, 0.15) is 0 Å². The van der Waals surface area contributed by atoms with Crippen molar-refractivity contribution in [2.24, 2.45) is 0 Å². The molecule has 0 saturated heterocycles. The Bertz CT molecular complexity index is 660. The summed E-state index contributed by atoms with van der Waals surface area (Å²) in [6.07, 6.45) is 3.49. The first-order chi connectivity index (χ1) is 10.8. The van der Waals surface area contributed by atoms with Crippen LogP contribution in [0, 0.1) is 0 Å². The Morgan fingerprint density at radius 1 is 0.818 bits per heavy atom. The molecule has 0 unspecified atom stereocenters. The highest BCUT2D eigenvalue weighted by molar-refractivity contribution is 9.10. The number of anilines is 1. The highest BCUT2D eigenvalue weighted by atomic mass is 79.9. The fraction of sp³-hybridized carbons (Fsp3) is 0.111. The second-order valence-corrected chi connectivity index (χ2v) is 5.90. The average Bonchev–Trinajstić information content (AvgIpc) is 2.59. The third kappa shape index (κ3) is 3.71. The maximum atomic E-state index is 4.27. The van der Waals surface area contributed by atoms with Gasteiger partial charge in [0.2, 0.25) is 5.95 Å². The molecule has 1 aromatic heterocycles. The van der Waals surface area contributed by atoms with Gasteiger partial charge in [-0.2, -0.15) is 0 Å². The van der Waals surface area contributed by atoms with E-state index in [1.807, 2.05) is 12.1 Å². The number of hydrogen-bond acceptors (Lipinski definition) is 3. The number of hydrogen-bond donors (Lipinski definition) is 1. The molecule has 4 heteroatoms. The van der Waals surface area contributed by atoms with Crippen molar-refractivity contribution in [1.82, 2.24) is 9.97 Å². The lowest BCUT2D eigenvalue weighted by Gasteiger charge is -2.18. The summed E-state index contributed by atoms with van der Waals surface area (Å²) in [4.78, 5) is 8.54. The first-order valence-corrected chi connectivity index (χ1v) is 7.93. The molecule has 3 nitrogen and oxygen atoms in total. The van der Waals surface area contributed by atoms with Crippen molar-refractivity contribution in [3.8, 4) is 0 Å². The van der Waals surface area contributed by atoms with Crippen LogP contribution < -0.4 is 5.32 Å². The van der Waals surface area contributed by atoms with Gasteiger partial charge in [-0.15, -0.1) is 0 Å². The molecule has 0 amide bonds. The third-order valence-corrected chi connectivity index (χ3v) is 3.90. The molecular weight excluding hydrogens is 338 g/mol. The molecule has 3 rings (SSSR count). The fourth-order valence-electron chi connectivity index (χ4n) is 2.40. The Balaban J connectivity index is 1.81. The summed E-state index contributed by atoms with van der Waals surface area (Å²) in [5.41, 5.74) is 2.55. The molecule has 0 saturated carbocycles. The largest absolute Gasteiger partial charge is 0.353 e. The number of aromatic nitrogens is 2. The van der Waals surface area contributed by atoms with Gasteiger partial charge in [-0.25, -0.2) is 9.97 Å². The van der Waals surface area contributed by atoms with Crippen LogP contribution in [0.25, 0.3) is 0 Å². The molecule has 110 valence electrons. The van der Waals surface area contributed by atoms with Crippen molar-refractivity contribution < 1.29 is 0 Å². The van der Waals surface area contributed by atoms with Crippen molar-refractivity contribution >= 4 is 21.9 Å². The van der Waals surface area contributed by atoms with E-state index >= 15 is 0 Å². The van der Waals surface area contributed by atoms with Crippen LogP contribution >= 0.6 is 15.9 Å². The van der Waals surface area contributed by atoms with Crippen molar-refractivity contribution in [2.75, 3.05) is 11.9 Å². The highest BCUT2D eigenvalue weighted by Gasteiger charge is 2.14. The molecule has 0 aliphatic carbocycles. The normalized spacial score (nSPS) is 10.6. The minimum Gasteiger partial charge on any atom is -0.353 e. The van der Waals surface area contributed by atoms with E-state index in [0.29, 0.717) is 5.95 Å². The zero-order valence-electron chi connectivity index (χ0n) is 12.0. The summed E-state index contributed by atoms with van der Waals surface area (Å²) >= 11 is 3.35. The number of rotatable bonds is 5. The number of benzene rings is 2. The predicted molar refractivity (Wildman–Crippen MR) is 92.9 cm³/mol. The van der Waals surface area contributed by atoms with E-state index in [0.717, 1.165) is 11.0 Å². The summed E-state index contributed by atoms with van der Waals surface area (Å²) in [6.45, 7) is 0.746. The Kier molecular flexibility index (Phi) is 4.81. The van der Waals surface area contributed by atoms with Gasteiger partial charge < -0.3 is 5.32 Å². The van der Waals surface area contributed by atoms with Crippen LogP contribution in [0.2, 0.25) is 0 Å². The highest BCUT2D eigenvalue weighted by Crippen LogP contribution is 2.24. The summed E-state index contributed by atoms with van der Waals surface area (Å²) in [7, 11) is 0. The molecule has 2 aromatic carbocycles. The topological polar surface area (TPSA) is 37.8 Å². The minimum absolute atomic E-state index is 0.259. The lowest BCUT2D eigenvalue weighted by atomic mass is 9.91. The molecule has 0 radical (unpaired) electrons. The molecule has 0 aliphatic heterocycles. The Hall–Kier alpha value is -2.20. The second kappa shape index (κ2) is 7.18. The van der Waals surface area contributed by atoms with E-state index in [4.69, 9.17) is 0 Å². The van der Waals surface area contributed by atoms with Gasteiger partial charge in [-0.1, -0.05) is 60.7 Å². The molecule has 0 aliphatic rings. The zero-order chi connectivity index (χ0) is 15.2. The monoisotopic (exact) mass is 353 g/mol. The van der Waals surface area contributed by atoms with E-state index in [1.165, 1.54) is 11.1 Å². The Labute approximate surface area is 138 Å². The predicted octanol–water partition coefficient (Wildman–Crippen LogP) is 4.48. The summed E-state index contributed by atoms with van der Waals surface area (Å²) in [6, 6.07) is 21.0. The average molecular weight is 354 g/mol. The van der Waals surface area contributed by atoms with Crippen molar-refractivity contribution in [2.45, 2.75) is 5.92 Å². The van der Waals surface area contributed by atoms with Gasteiger partial charge in [-0.3, -0.25) is 0 Å². The van der Waals surface area contributed by atoms with Crippen LogP contribution in [0.3, 0.4) is 0 Å². The molecule has 0 bridgehead atoms. The minimum atomic E-state index is 0.259. The van der Waals surface area contributed by atoms with Gasteiger partial charge in [0.05, 0.1) is 4.47 Å². The SMILES string of the molecule is Brc1cnc(NCC(c2ccccc2)c2ccccc2)nc1. The van der Waals surface area contributed by atoms with Crippen LogP contribution in [-0.2, 0) is 0 Å². The standard InChI is InChI=1S/C18H16BrN3/c19-16-11-20-18(21-12-16)22-13-17(14-7-3-1-4-8-14)15-9-5-2-6-10-15/h1-12,17H,13H2,(H,20,21,22). The van der Waals surface area contributed by atoms with Crippen molar-refractivity contribution in [1.29, 1.82) is 0 Å². The lowest BCUT2D eigenvalue weighted by Crippen LogP contribution is -2.15. The number of nitrogens with zero attached hydrogens (tertiary/aromatic N) is 2. The first kappa shape index (κ1) is 14.7. The van der Waals surface area contributed by atoms with Gasteiger partial charge in [0.15, 0.2) is 0 Å². The van der Waals surface area contributed by atoms with Gasteiger partial charge in [0, 0.05) is 24.9 Å². The van der Waals surface area contributed by atoms with Crippen LogP contribution in [0.15, 0.2) is 77.5 Å². The third-order valence-electron chi connectivity index (χ3n) is 3.49. The smallest absolute Gasteiger partial charge is 0.222 e. The van der Waals surface area contributed by atoms with Gasteiger partial charge in [-0.05, 0) is 27.1 Å². The van der Waals surface area contributed by atoms with Crippen molar-refractivity contribution in [3.05, 3.63) is 88.7 Å². The van der Waals surface area contributed by atoms with E-state index in [1.54, 1.807) is 12.4 Å². The maximum Gasteiger partial charge on any atom is 0.222 e. The fourth-order valence-corrected chi connectivity index (χ4v) is 2.60.